The lowest BCUT2D eigenvalue weighted by molar-refractivity contribution is -0.137. The van der Waals surface area contributed by atoms with E-state index in [1.54, 1.807) is 0 Å². The van der Waals surface area contributed by atoms with Crippen molar-refractivity contribution in [3.05, 3.63) is 35.4 Å². The van der Waals surface area contributed by atoms with Gasteiger partial charge in [0.15, 0.2) is 0 Å². The van der Waals surface area contributed by atoms with Gasteiger partial charge in [-0.05, 0) is 36.6 Å². The second kappa shape index (κ2) is 7.54. The third kappa shape index (κ3) is 4.02. The molecule has 3 rings (SSSR count). The summed E-state index contributed by atoms with van der Waals surface area (Å²) in [5, 5.41) is 6.32. The summed E-state index contributed by atoms with van der Waals surface area (Å²) in [7, 11) is 0. The lowest BCUT2D eigenvalue weighted by Crippen LogP contribution is -2.50. The van der Waals surface area contributed by atoms with Gasteiger partial charge in [-0.2, -0.15) is 13.2 Å². The number of carbonyl (C=O) groups excluding carboxylic acids is 1. The van der Waals surface area contributed by atoms with Gasteiger partial charge < -0.3 is 10.6 Å². The fraction of sp³-hybridized carbons (Fsp3) is 0.611. The standard InChI is InChI=1S/C18H25F3N4O/c1-10(2)15(11-3-5-12(6-4-11)18(19,20)21)23-17(26)16-13-9-22-8-7-14(13)24-25-16/h3-6,10,13-16,22,24-25H,7-9H2,1-2H3,(H,23,26). The summed E-state index contributed by atoms with van der Waals surface area (Å²) in [6.45, 7) is 5.56. The largest absolute Gasteiger partial charge is 0.416 e. The Morgan fingerprint density at radius 3 is 2.50 bits per heavy atom. The zero-order valence-electron chi connectivity index (χ0n) is 14.9. The Morgan fingerprint density at radius 2 is 1.88 bits per heavy atom. The molecule has 4 atom stereocenters. The van der Waals surface area contributed by atoms with Crippen LogP contribution in [0.4, 0.5) is 13.2 Å². The maximum atomic E-state index is 12.8. The molecule has 0 aromatic heterocycles. The van der Waals surface area contributed by atoms with Crippen molar-refractivity contribution in [2.75, 3.05) is 13.1 Å². The fourth-order valence-electron chi connectivity index (χ4n) is 3.73. The first kappa shape index (κ1) is 19.1. The number of piperidine rings is 1. The van der Waals surface area contributed by atoms with E-state index in [1.165, 1.54) is 12.1 Å². The van der Waals surface area contributed by atoms with Crippen LogP contribution in [0.5, 0.6) is 0 Å². The van der Waals surface area contributed by atoms with Crippen LogP contribution in [-0.2, 0) is 11.0 Å². The first-order chi connectivity index (χ1) is 12.3. The van der Waals surface area contributed by atoms with Gasteiger partial charge in [-0.3, -0.25) is 10.2 Å². The number of carbonyl (C=O) groups is 1. The van der Waals surface area contributed by atoms with Gasteiger partial charge >= 0.3 is 6.18 Å². The maximum Gasteiger partial charge on any atom is 0.416 e. The molecular formula is C18H25F3N4O. The van der Waals surface area contributed by atoms with Crippen molar-refractivity contribution in [3.63, 3.8) is 0 Å². The molecule has 0 bridgehead atoms. The van der Waals surface area contributed by atoms with Crippen molar-refractivity contribution in [1.29, 1.82) is 0 Å². The Balaban J connectivity index is 1.71. The zero-order chi connectivity index (χ0) is 18.9. The van der Waals surface area contributed by atoms with Crippen LogP contribution in [0.3, 0.4) is 0 Å². The van der Waals surface area contributed by atoms with Gasteiger partial charge in [-0.25, -0.2) is 5.43 Å². The van der Waals surface area contributed by atoms with Crippen LogP contribution < -0.4 is 21.5 Å². The van der Waals surface area contributed by atoms with Crippen LogP contribution in [0.2, 0.25) is 0 Å². The minimum Gasteiger partial charge on any atom is -0.348 e. The number of hydrogen-bond acceptors (Lipinski definition) is 4. The van der Waals surface area contributed by atoms with E-state index in [2.05, 4.69) is 21.5 Å². The second-order valence-electron chi connectivity index (χ2n) is 7.38. The number of rotatable bonds is 4. The van der Waals surface area contributed by atoms with E-state index in [4.69, 9.17) is 0 Å². The van der Waals surface area contributed by atoms with Gasteiger partial charge in [0.2, 0.25) is 5.91 Å². The molecule has 2 heterocycles. The quantitative estimate of drug-likeness (QED) is 0.654. The van der Waals surface area contributed by atoms with E-state index in [-0.39, 0.29) is 35.9 Å². The summed E-state index contributed by atoms with van der Waals surface area (Å²) in [5.74, 6) is 0.0711. The number of hydrazine groups is 1. The number of fused-ring (bicyclic) bond motifs is 1. The Hall–Kier alpha value is -1.64. The minimum absolute atomic E-state index is 0.0466. The van der Waals surface area contributed by atoms with Crippen LogP contribution >= 0.6 is 0 Å². The van der Waals surface area contributed by atoms with E-state index in [9.17, 15) is 18.0 Å². The van der Waals surface area contributed by atoms with Crippen molar-refractivity contribution in [2.24, 2.45) is 11.8 Å². The maximum absolute atomic E-state index is 12.8. The van der Waals surface area contributed by atoms with Crippen LogP contribution in [0.1, 0.15) is 37.4 Å². The number of nitrogens with one attached hydrogen (secondary N) is 4. The molecule has 144 valence electrons. The molecule has 0 aliphatic carbocycles. The molecule has 1 aromatic rings. The predicted octanol–water partition coefficient (Wildman–Crippen LogP) is 1.97. The Labute approximate surface area is 151 Å². The average Bonchev–Trinajstić information content (AvgIpc) is 3.03. The van der Waals surface area contributed by atoms with Crippen LogP contribution in [0.25, 0.3) is 0 Å². The van der Waals surface area contributed by atoms with Gasteiger partial charge in [0.1, 0.15) is 6.04 Å². The molecule has 26 heavy (non-hydrogen) atoms. The number of amides is 1. The molecule has 2 saturated heterocycles. The summed E-state index contributed by atoms with van der Waals surface area (Å²) in [6, 6.07) is 4.57. The topological polar surface area (TPSA) is 65.2 Å². The van der Waals surface area contributed by atoms with E-state index in [1.807, 2.05) is 13.8 Å². The summed E-state index contributed by atoms with van der Waals surface area (Å²) < 4.78 is 38.3. The highest BCUT2D eigenvalue weighted by Crippen LogP contribution is 2.31. The van der Waals surface area contributed by atoms with Gasteiger partial charge in [-0.1, -0.05) is 26.0 Å². The average molecular weight is 370 g/mol. The fourth-order valence-corrected chi connectivity index (χ4v) is 3.73. The van der Waals surface area contributed by atoms with Gasteiger partial charge in [0.25, 0.3) is 0 Å². The molecule has 2 aliphatic rings. The molecule has 4 unspecified atom stereocenters. The minimum atomic E-state index is -4.36. The molecular weight excluding hydrogens is 345 g/mol. The number of benzene rings is 1. The third-order valence-electron chi connectivity index (χ3n) is 5.23. The van der Waals surface area contributed by atoms with E-state index < -0.39 is 11.7 Å². The Bertz CT molecular complexity index is 632. The SMILES string of the molecule is CC(C)C(NC(=O)C1NNC2CCNCC21)c1ccc(C(F)(F)F)cc1. The molecule has 5 nitrogen and oxygen atoms in total. The molecule has 2 fully saturated rings. The summed E-state index contributed by atoms with van der Waals surface area (Å²) >= 11 is 0. The number of hydrogen-bond donors (Lipinski definition) is 4. The second-order valence-corrected chi connectivity index (χ2v) is 7.38. The van der Waals surface area contributed by atoms with Crippen molar-refractivity contribution in [3.8, 4) is 0 Å². The summed E-state index contributed by atoms with van der Waals surface area (Å²) in [4.78, 5) is 12.8. The van der Waals surface area contributed by atoms with Crippen LogP contribution in [-0.4, -0.2) is 31.1 Å². The molecule has 0 spiro atoms. The van der Waals surface area contributed by atoms with E-state index >= 15 is 0 Å². The predicted molar refractivity (Wildman–Crippen MR) is 92.0 cm³/mol. The van der Waals surface area contributed by atoms with E-state index in [0.29, 0.717) is 5.56 Å². The van der Waals surface area contributed by atoms with Crippen LogP contribution in [0.15, 0.2) is 24.3 Å². The van der Waals surface area contributed by atoms with Gasteiger partial charge in [0, 0.05) is 18.5 Å². The summed E-state index contributed by atoms with van der Waals surface area (Å²) in [5.41, 5.74) is 6.24. The molecule has 4 N–H and O–H groups in total. The smallest absolute Gasteiger partial charge is 0.348 e. The molecule has 1 aromatic carbocycles. The monoisotopic (exact) mass is 370 g/mol. The first-order valence-corrected chi connectivity index (χ1v) is 8.96. The molecule has 2 aliphatic heterocycles. The molecule has 8 heteroatoms. The lowest BCUT2D eigenvalue weighted by atomic mass is 9.88. The Morgan fingerprint density at radius 1 is 1.19 bits per heavy atom. The number of alkyl halides is 3. The van der Waals surface area contributed by atoms with Gasteiger partial charge in [0.05, 0.1) is 11.6 Å². The molecule has 1 amide bonds. The highest BCUT2D eigenvalue weighted by molar-refractivity contribution is 5.83. The van der Waals surface area contributed by atoms with Crippen LogP contribution in [0, 0.1) is 11.8 Å². The zero-order valence-corrected chi connectivity index (χ0v) is 14.9. The van der Waals surface area contributed by atoms with E-state index in [0.717, 1.165) is 31.6 Å². The normalized spacial score (nSPS) is 27.2. The van der Waals surface area contributed by atoms with Crippen molar-refractivity contribution in [2.45, 2.75) is 44.6 Å². The van der Waals surface area contributed by atoms with Gasteiger partial charge in [-0.15, -0.1) is 0 Å². The molecule has 0 saturated carbocycles. The highest BCUT2D eigenvalue weighted by Gasteiger charge is 2.41. The third-order valence-corrected chi connectivity index (χ3v) is 5.23. The van der Waals surface area contributed by atoms with Crippen molar-refractivity contribution in [1.82, 2.24) is 21.5 Å². The molecule has 0 radical (unpaired) electrons. The first-order valence-electron chi connectivity index (χ1n) is 8.96. The summed E-state index contributed by atoms with van der Waals surface area (Å²) in [6.07, 6.45) is -3.41. The highest BCUT2D eigenvalue weighted by atomic mass is 19.4. The van der Waals surface area contributed by atoms with Crippen molar-refractivity contribution < 1.29 is 18.0 Å². The van der Waals surface area contributed by atoms with Crippen molar-refractivity contribution >= 4 is 5.91 Å². The number of halogens is 3. The lowest BCUT2D eigenvalue weighted by Gasteiger charge is -2.29. The Kier molecular flexibility index (Phi) is 5.55.